The summed E-state index contributed by atoms with van der Waals surface area (Å²) in [6, 6.07) is 1.96. The maximum Gasteiger partial charge on any atom is 0.0736 e. The van der Waals surface area contributed by atoms with Crippen molar-refractivity contribution >= 4 is 11.6 Å². The molecule has 0 fully saturated rings. The number of halogens is 1. The van der Waals surface area contributed by atoms with Gasteiger partial charge in [-0.3, -0.25) is 5.10 Å². The molecule has 0 saturated heterocycles. The van der Waals surface area contributed by atoms with Gasteiger partial charge in [-0.05, 0) is 13.0 Å². The van der Waals surface area contributed by atoms with Crippen LogP contribution in [0.5, 0.6) is 0 Å². The number of aromatic nitrogens is 2. The first kappa shape index (κ1) is 8.57. The van der Waals surface area contributed by atoms with Crippen LogP contribution in [-0.4, -0.2) is 15.6 Å². The second-order valence-electron chi connectivity index (χ2n) is 3.39. The Morgan fingerprint density at radius 3 is 3.00 bits per heavy atom. The van der Waals surface area contributed by atoms with E-state index in [4.69, 9.17) is 11.6 Å². The molecular weight excluding hydrogens is 184 g/mol. The molecule has 0 bridgehead atoms. The largest absolute Gasteiger partial charge is 0.285 e. The molecule has 3 heteroatoms. The summed E-state index contributed by atoms with van der Waals surface area (Å²) in [5.41, 5.74) is 0.796. The predicted octanol–water partition coefficient (Wildman–Crippen LogP) is 2.40. The third kappa shape index (κ3) is 1.31. The van der Waals surface area contributed by atoms with Crippen LogP contribution in [0, 0.1) is 0 Å². The Morgan fingerprint density at radius 2 is 2.38 bits per heavy atom. The first-order chi connectivity index (χ1) is 6.23. The Hall–Kier alpha value is -1.02. The highest BCUT2D eigenvalue weighted by atomic mass is 35.5. The van der Waals surface area contributed by atoms with Crippen molar-refractivity contribution in [1.29, 1.82) is 0 Å². The van der Waals surface area contributed by atoms with Crippen molar-refractivity contribution < 1.29 is 0 Å². The lowest BCUT2D eigenvalue weighted by atomic mass is 9.80. The molecule has 1 aromatic heterocycles. The second kappa shape index (κ2) is 3.04. The normalized spacial score (nSPS) is 32.3. The molecule has 68 valence electrons. The molecule has 2 atom stereocenters. The van der Waals surface area contributed by atoms with Crippen LogP contribution in [0.4, 0.5) is 0 Å². The molecule has 0 aromatic carbocycles. The molecule has 1 aliphatic carbocycles. The van der Waals surface area contributed by atoms with Gasteiger partial charge in [0, 0.05) is 11.6 Å². The summed E-state index contributed by atoms with van der Waals surface area (Å²) in [5.74, 6) is 0. The van der Waals surface area contributed by atoms with E-state index < -0.39 is 0 Å². The Labute approximate surface area is 82.3 Å². The third-order valence-corrected chi connectivity index (χ3v) is 3.06. The van der Waals surface area contributed by atoms with Crippen LogP contribution in [0.2, 0.25) is 0 Å². The summed E-state index contributed by atoms with van der Waals surface area (Å²) in [6.07, 6.45) is 9.85. The lowest BCUT2D eigenvalue weighted by Gasteiger charge is -2.29. The van der Waals surface area contributed by atoms with Crippen LogP contribution < -0.4 is 0 Å². The van der Waals surface area contributed by atoms with Crippen molar-refractivity contribution in [2.24, 2.45) is 0 Å². The van der Waals surface area contributed by atoms with Crippen LogP contribution in [0.1, 0.15) is 12.6 Å². The molecule has 0 amide bonds. The number of nitrogens with one attached hydrogen (secondary N) is 1. The number of nitrogens with zero attached hydrogens (tertiary/aromatic N) is 1. The first-order valence-corrected chi connectivity index (χ1v) is 4.67. The Balaban J connectivity index is 2.41. The van der Waals surface area contributed by atoms with Crippen LogP contribution >= 0.6 is 11.6 Å². The minimum absolute atomic E-state index is 0.0270. The summed E-state index contributed by atoms with van der Waals surface area (Å²) < 4.78 is 0. The summed E-state index contributed by atoms with van der Waals surface area (Å²) in [7, 11) is 0. The molecule has 1 N–H and O–H groups in total. The van der Waals surface area contributed by atoms with Gasteiger partial charge < -0.3 is 0 Å². The standard InChI is InChI=1S/C10H11ClN2/c1-10(9-5-7-12-13-9)6-3-2-4-8(10)11/h2-8H,1H3,(H,12,13). The van der Waals surface area contributed by atoms with Gasteiger partial charge in [0.1, 0.15) is 0 Å². The predicted molar refractivity (Wildman–Crippen MR) is 53.9 cm³/mol. The van der Waals surface area contributed by atoms with Crippen molar-refractivity contribution in [2.75, 3.05) is 0 Å². The maximum absolute atomic E-state index is 6.22. The molecular formula is C10H11ClN2. The first-order valence-electron chi connectivity index (χ1n) is 4.24. The summed E-state index contributed by atoms with van der Waals surface area (Å²) in [4.78, 5) is 0. The number of H-pyrrole nitrogens is 1. The molecule has 13 heavy (non-hydrogen) atoms. The van der Waals surface area contributed by atoms with Crippen molar-refractivity contribution in [1.82, 2.24) is 10.2 Å². The second-order valence-corrected chi connectivity index (χ2v) is 3.86. The topological polar surface area (TPSA) is 28.7 Å². The van der Waals surface area contributed by atoms with Gasteiger partial charge >= 0.3 is 0 Å². The molecule has 0 saturated carbocycles. The zero-order valence-electron chi connectivity index (χ0n) is 7.37. The number of hydrogen-bond donors (Lipinski definition) is 1. The zero-order chi connectivity index (χ0) is 9.31. The molecule has 2 unspecified atom stereocenters. The maximum atomic E-state index is 6.22. The molecule has 0 aliphatic heterocycles. The Bertz CT molecular complexity index is 340. The van der Waals surface area contributed by atoms with Crippen molar-refractivity contribution in [3.8, 4) is 0 Å². The summed E-state index contributed by atoms with van der Waals surface area (Å²) in [6.45, 7) is 2.08. The molecule has 1 aromatic rings. The van der Waals surface area contributed by atoms with Crippen molar-refractivity contribution in [3.05, 3.63) is 42.3 Å². The quantitative estimate of drug-likeness (QED) is 0.684. The van der Waals surface area contributed by atoms with Crippen molar-refractivity contribution in [3.63, 3.8) is 0 Å². The smallest absolute Gasteiger partial charge is 0.0736 e. The average molecular weight is 195 g/mol. The van der Waals surface area contributed by atoms with E-state index in [1.54, 1.807) is 0 Å². The van der Waals surface area contributed by atoms with Crippen LogP contribution in [0.15, 0.2) is 36.6 Å². The lowest BCUT2D eigenvalue weighted by molar-refractivity contribution is 0.584. The fourth-order valence-corrected chi connectivity index (χ4v) is 1.76. The highest BCUT2D eigenvalue weighted by Crippen LogP contribution is 2.34. The lowest BCUT2D eigenvalue weighted by Crippen LogP contribution is -2.31. The monoisotopic (exact) mass is 194 g/mol. The Morgan fingerprint density at radius 1 is 1.54 bits per heavy atom. The minimum atomic E-state index is -0.184. The van der Waals surface area contributed by atoms with Gasteiger partial charge in [-0.1, -0.05) is 24.3 Å². The van der Waals surface area contributed by atoms with Crippen LogP contribution in [0.3, 0.4) is 0 Å². The van der Waals surface area contributed by atoms with E-state index in [1.165, 1.54) is 0 Å². The van der Waals surface area contributed by atoms with Crippen molar-refractivity contribution in [2.45, 2.75) is 17.7 Å². The number of hydrogen-bond acceptors (Lipinski definition) is 1. The zero-order valence-corrected chi connectivity index (χ0v) is 8.12. The molecule has 1 heterocycles. The van der Waals surface area contributed by atoms with Gasteiger partial charge in [0.15, 0.2) is 0 Å². The van der Waals surface area contributed by atoms with Gasteiger partial charge in [0.2, 0.25) is 0 Å². The third-order valence-electron chi connectivity index (χ3n) is 2.46. The molecule has 2 rings (SSSR count). The van der Waals surface area contributed by atoms with Gasteiger partial charge in [-0.15, -0.1) is 11.6 Å². The summed E-state index contributed by atoms with van der Waals surface area (Å²) >= 11 is 6.22. The van der Waals surface area contributed by atoms with Gasteiger partial charge in [-0.25, -0.2) is 0 Å². The fraction of sp³-hybridized carbons (Fsp3) is 0.300. The van der Waals surface area contributed by atoms with E-state index in [9.17, 15) is 0 Å². The molecule has 0 spiro atoms. The number of aromatic amines is 1. The van der Waals surface area contributed by atoms with Crippen LogP contribution in [-0.2, 0) is 5.41 Å². The minimum Gasteiger partial charge on any atom is -0.285 e. The molecule has 0 radical (unpaired) electrons. The van der Waals surface area contributed by atoms with E-state index in [0.717, 1.165) is 5.69 Å². The van der Waals surface area contributed by atoms with Gasteiger partial charge in [0.25, 0.3) is 0 Å². The number of allylic oxidation sites excluding steroid dienone is 4. The van der Waals surface area contributed by atoms with E-state index in [2.05, 4.69) is 23.2 Å². The number of alkyl halides is 1. The van der Waals surface area contributed by atoms with E-state index in [1.807, 2.05) is 30.5 Å². The summed E-state index contributed by atoms with van der Waals surface area (Å²) in [5, 5.41) is 6.95. The van der Waals surface area contributed by atoms with E-state index in [-0.39, 0.29) is 10.8 Å². The highest BCUT2D eigenvalue weighted by Gasteiger charge is 2.33. The Kier molecular flexibility index (Phi) is 2.00. The van der Waals surface area contributed by atoms with Gasteiger partial charge in [-0.2, -0.15) is 5.10 Å². The number of rotatable bonds is 1. The molecule has 2 nitrogen and oxygen atoms in total. The van der Waals surface area contributed by atoms with Gasteiger partial charge in [0.05, 0.1) is 11.1 Å². The van der Waals surface area contributed by atoms with Crippen LogP contribution in [0.25, 0.3) is 0 Å². The fourth-order valence-electron chi connectivity index (χ4n) is 1.50. The highest BCUT2D eigenvalue weighted by molar-refractivity contribution is 6.23. The van der Waals surface area contributed by atoms with E-state index >= 15 is 0 Å². The SMILES string of the molecule is CC1(c2cc[nH]n2)C=CC=CC1Cl. The average Bonchev–Trinajstić information content (AvgIpc) is 2.63. The van der Waals surface area contributed by atoms with E-state index in [0.29, 0.717) is 0 Å². The molecule has 1 aliphatic rings.